The minimum atomic E-state index is -5.62. The first-order valence-corrected chi connectivity index (χ1v) is 15.4. The molecule has 2 aromatic rings. The molecule has 220 valence electrons. The van der Waals surface area contributed by atoms with Crippen molar-refractivity contribution in [2.75, 3.05) is 18.4 Å². The Labute approximate surface area is 233 Å². The van der Waals surface area contributed by atoms with Crippen LogP contribution in [0.3, 0.4) is 0 Å². The highest BCUT2D eigenvalue weighted by Crippen LogP contribution is 2.50. The second kappa shape index (κ2) is 10.1. The predicted octanol–water partition coefficient (Wildman–Crippen LogP) is 5.66. The smallest absolute Gasteiger partial charge is 0.326 e. The molecule has 5 rings (SSSR count). The first-order chi connectivity index (χ1) is 18.5. The number of hydrogen-bond acceptors (Lipinski definition) is 5. The molecule has 2 aliphatic carbocycles. The van der Waals surface area contributed by atoms with Gasteiger partial charge in [0, 0.05) is 36.7 Å². The Bertz CT molecular complexity index is 1390. The van der Waals surface area contributed by atoms with Crippen LogP contribution in [0.15, 0.2) is 18.2 Å². The minimum Gasteiger partial charge on any atom is -0.326 e. The van der Waals surface area contributed by atoms with Crippen molar-refractivity contribution in [3.8, 4) is 0 Å². The molecule has 1 saturated heterocycles. The fraction of sp³-hybridized carbons (Fsp3) is 0.679. The molecule has 1 aliphatic heterocycles. The van der Waals surface area contributed by atoms with E-state index in [1.165, 1.54) is 0 Å². The molecule has 2 saturated carbocycles. The molecule has 2 atom stereocenters. The number of carbonyl (C=O) groups excluding carboxylic acids is 1. The summed E-state index contributed by atoms with van der Waals surface area (Å²) in [5.74, 6) is -0.429. The molecule has 2 heterocycles. The number of alkyl halides is 3. The molecule has 1 aromatic carbocycles. The summed E-state index contributed by atoms with van der Waals surface area (Å²) in [7, 11) is -5.62. The van der Waals surface area contributed by atoms with E-state index >= 15 is 0 Å². The molecule has 0 radical (unpaired) electrons. The molecule has 40 heavy (non-hydrogen) atoms. The molecule has 3 aliphatic rings. The van der Waals surface area contributed by atoms with E-state index in [0.717, 1.165) is 49.1 Å². The number of benzene rings is 1. The number of rotatable bonds is 7. The third-order valence-corrected chi connectivity index (χ3v) is 9.95. The number of halogens is 3. The molecule has 0 bridgehead atoms. The number of aromatic nitrogens is 3. The zero-order chi connectivity index (χ0) is 29.2. The van der Waals surface area contributed by atoms with Crippen molar-refractivity contribution in [3.05, 3.63) is 41.0 Å². The van der Waals surface area contributed by atoms with Crippen LogP contribution < -0.4 is 5.32 Å². The van der Waals surface area contributed by atoms with Crippen LogP contribution in [0.5, 0.6) is 0 Å². The molecule has 0 unspecified atom stereocenters. The second-order valence-corrected chi connectivity index (χ2v) is 15.0. The quantitative estimate of drug-likeness (QED) is 0.455. The maximum Gasteiger partial charge on any atom is 0.511 e. The zero-order valence-electron chi connectivity index (χ0n) is 23.6. The lowest BCUT2D eigenvalue weighted by atomic mass is 9.68. The zero-order valence-corrected chi connectivity index (χ0v) is 24.4. The number of amides is 1. The van der Waals surface area contributed by atoms with Crippen molar-refractivity contribution in [1.82, 2.24) is 19.1 Å². The van der Waals surface area contributed by atoms with Gasteiger partial charge in [-0.1, -0.05) is 38.5 Å². The van der Waals surface area contributed by atoms with Gasteiger partial charge in [0.2, 0.25) is 5.91 Å². The number of carbonyl (C=O) groups is 1. The monoisotopic (exact) mass is 581 g/mol. The Kier molecular flexibility index (Phi) is 7.34. The summed E-state index contributed by atoms with van der Waals surface area (Å²) in [5.41, 5.74) is -2.89. The van der Waals surface area contributed by atoms with Gasteiger partial charge in [0.05, 0.1) is 5.92 Å². The minimum absolute atomic E-state index is 0.123. The highest BCUT2D eigenvalue weighted by Gasteiger charge is 2.56. The van der Waals surface area contributed by atoms with E-state index in [2.05, 4.69) is 36.3 Å². The SMILES string of the molecule is Cc1ccc(NC(=O)[C@H]2CN(S(=O)(=O)C(F)(F)F)C[C@@H]2c2nnc(C3CC(CC(C)(C)C)C3)n2C2CC2)c(C)c1. The van der Waals surface area contributed by atoms with Crippen molar-refractivity contribution in [3.63, 3.8) is 0 Å². The van der Waals surface area contributed by atoms with Crippen LogP contribution in [0.4, 0.5) is 18.9 Å². The summed E-state index contributed by atoms with van der Waals surface area (Å²) < 4.78 is 67.9. The van der Waals surface area contributed by atoms with Crippen molar-refractivity contribution in [2.24, 2.45) is 17.3 Å². The van der Waals surface area contributed by atoms with Gasteiger partial charge in [0.1, 0.15) is 11.6 Å². The fourth-order valence-electron chi connectivity index (χ4n) is 6.35. The van der Waals surface area contributed by atoms with Gasteiger partial charge >= 0.3 is 15.5 Å². The topological polar surface area (TPSA) is 97.2 Å². The number of nitrogens with one attached hydrogen (secondary N) is 1. The molecular weight excluding hydrogens is 543 g/mol. The molecular formula is C28H38F3N5O3S. The summed E-state index contributed by atoms with van der Waals surface area (Å²) in [6.45, 7) is 9.35. The lowest BCUT2D eigenvalue weighted by Gasteiger charge is -2.38. The van der Waals surface area contributed by atoms with Gasteiger partial charge in [-0.25, -0.2) is 8.42 Å². The van der Waals surface area contributed by atoms with Crippen LogP contribution in [0.25, 0.3) is 0 Å². The van der Waals surface area contributed by atoms with Crippen molar-refractivity contribution in [1.29, 1.82) is 0 Å². The Morgan fingerprint density at radius 2 is 1.70 bits per heavy atom. The van der Waals surface area contributed by atoms with Gasteiger partial charge < -0.3 is 9.88 Å². The normalized spacial score (nSPS) is 26.1. The Morgan fingerprint density at radius 3 is 2.27 bits per heavy atom. The van der Waals surface area contributed by atoms with Gasteiger partial charge in [-0.3, -0.25) is 4.79 Å². The van der Waals surface area contributed by atoms with Crippen LogP contribution in [0, 0.1) is 31.1 Å². The summed E-state index contributed by atoms with van der Waals surface area (Å²) in [6.07, 6.45) is 4.83. The van der Waals surface area contributed by atoms with Crippen molar-refractivity contribution < 1.29 is 26.4 Å². The third kappa shape index (κ3) is 5.66. The van der Waals surface area contributed by atoms with Gasteiger partial charge in [-0.2, -0.15) is 17.5 Å². The van der Waals surface area contributed by atoms with Crippen LogP contribution in [0.1, 0.15) is 93.5 Å². The van der Waals surface area contributed by atoms with E-state index in [1.807, 2.05) is 30.5 Å². The van der Waals surface area contributed by atoms with E-state index in [4.69, 9.17) is 0 Å². The van der Waals surface area contributed by atoms with Gasteiger partial charge in [0.15, 0.2) is 0 Å². The standard InChI is InChI=1S/C28H38F3N5O3S/c1-16-6-9-23(17(2)10-16)32-26(37)22-15-35(40(38,39)28(29,30)31)14-21(22)25-34-33-24(36(25)20-7-8-20)19-11-18(12-19)13-27(3,4)5/h6,9-10,18-22H,7-8,11-15H2,1-5H3,(H,32,37)/t18?,19?,21-,22-/m0/s1. The summed E-state index contributed by atoms with van der Waals surface area (Å²) in [6, 6.07) is 5.59. The predicted molar refractivity (Wildman–Crippen MR) is 145 cm³/mol. The van der Waals surface area contributed by atoms with E-state index < -0.39 is 46.4 Å². The number of hydrogen-bond donors (Lipinski definition) is 1. The van der Waals surface area contributed by atoms with Crippen LogP contribution in [-0.2, 0) is 14.8 Å². The van der Waals surface area contributed by atoms with E-state index in [-0.39, 0.29) is 17.4 Å². The third-order valence-electron chi connectivity index (χ3n) is 8.39. The van der Waals surface area contributed by atoms with E-state index in [0.29, 0.717) is 21.7 Å². The number of aryl methyl sites for hydroxylation is 2. The van der Waals surface area contributed by atoms with Crippen molar-refractivity contribution >= 4 is 21.6 Å². The van der Waals surface area contributed by atoms with Gasteiger partial charge in [0.25, 0.3) is 0 Å². The summed E-state index contributed by atoms with van der Waals surface area (Å²) in [5, 5.41) is 11.8. The highest BCUT2D eigenvalue weighted by molar-refractivity contribution is 7.90. The van der Waals surface area contributed by atoms with Crippen LogP contribution >= 0.6 is 0 Å². The second-order valence-electron chi connectivity index (χ2n) is 13.1. The number of sulfonamides is 1. The highest BCUT2D eigenvalue weighted by atomic mass is 32.2. The molecule has 0 spiro atoms. The van der Waals surface area contributed by atoms with Gasteiger partial charge in [-0.05, 0) is 68.9 Å². The van der Waals surface area contributed by atoms with Crippen LogP contribution in [-0.4, -0.2) is 52.0 Å². The largest absolute Gasteiger partial charge is 0.511 e. The van der Waals surface area contributed by atoms with E-state index in [1.54, 1.807) is 6.07 Å². The van der Waals surface area contributed by atoms with Crippen LogP contribution in [0.2, 0.25) is 0 Å². The average molecular weight is 582 g/mol. The lowest BCUT2D eigenvalue weighted by molar-refractivity contribution is -0.119. The van der Waals surface area contributed by atoms with E-state index in [9.17, 15) is 26.4 Å². The summed E-state index contributed by atoms with van der Waals surface area (Å²) in [4.78, 5) is 13.6. The molecule has 8 nitrogen and oxygen atoms in total. The molecule has 1 amide bonds. The maximum atomic E-state index is 13.6. The van der Waals surface area contributed by atoms with Crippen molar-refractivity contribution in [2.45, 2.75) is 90.1 Å². The molecule has 1 aromatic heterocycles. The average Bonchev–Trinajstić information content (AvgIpc) is 3.38. The first-order valence-electron chi connectivity index (χ1n) is 13.9. The molecule has 3 fully saturated rings. The first kappa shape index (κ1) is 29.0. The Morgan fingerprint density at radius 1 is 1.05 bits per heavy atom. The number of anilines is 1. The Balaban J connectivity index is 1.46. The molecule has 12 heteroatoms. The summed E-state index contributed by atoms with van der Waals surface area (Å²) >= 11 is 0. The molecule has 1 N–H and O–H groups in total. The lowest BCUT2D eigenvalue weighted by Crippen LogP contribution is -2.40. The Hall–Kier alpha value is -2.47. The van der Waals surface area contributed by atoms with Gasteiger partial charge in [-0.15, -0.1) is 10.2 Å². The maximum absolute atomic E-state index is 13.6. The number of nitrogens with zero attached hydrogens (tertiary/aromatic N) is 4. The fourth-order valence-corrected chi connectivity index (χ4v) is 7.36.